The summed E-state index contributed by atoms with van der Waals surface area (Å²) in [6.07, 6.45) is 1.56. The predicted octanol–water partition coefficient (Wildman–Crippen LogP) is 4.29. The summed E-state index contributed by atoms with van der Waals surface area (Å²) in [7, 11) is 0. The maximum absolute atomic E-state index is 13.4. The van der Waals surface area contributed by atoms with Crippen molar-refractivity contribution >= 4 is 16.9 Å². The summed E-state index contributed by atoms with van der Waals surface area (Å²) in [5.41, 5.74) is 5.26. The number of rotatable bonds is 6. The highest BCUT2D eigenvalue weighted by Crippen LogP contribution is 2.25. The van der Waals surface area contributed by atoms with Gasteiger partial charge in [-0.25, -0.2) is 9.97 Å². The summed E-state index contributed by atoms with van der Waals surface area (Å²) >= 11 is 0. The van der Waals surface area contributed by atoms with Gasteiger partial charge in [-0.2, -0.15) is 0 Å². The van der Waals surface area contributed by atoms with Gasteiger partial charge >= 0.3 is 0 Å². The van der Waals surface area contributed by atoms with E-state index in [0.717, 1.165) is 47.4 Å². The molecule has 0 radical (unpaired) electrons. The van der Waals surface area contributed by atoms with E-state index in [-0.39, 0.29) is 24.2 Å². The van der Waals surface area contributed by atoms with Gasteiger partial charge in [-0.15, -0.1) is 0 Å². The first-order chi connectivity index (χ1) is 15.5. The molecule has 3 unspecified atom stereocenters. The second kappa shape index (κ2) is 9.76. The molecule has 6 heteroatoms. The van der Waals surface area contributed by atoms with Gasteiger partial charge in [0.1, 0.15) is 6.17 Å². The van der Waals surface area contributed by atoms with E-state index in [9.17, 15) is 4.79 Å². The monoisotopic (exact) mass is 432 g/mol. The Hall–Kier alpha value is -2.83. The van der Waals surface area contributed by atoms with Crippen molar-refractivity contribution in [2.24, 2.45) is 0 Å². The van der Waals surface area contributed by atoms with E-state index in [4.69, 9.17) is 14.7 Å². The number of fused-ring (bicyclic) bond motifs is 1. The number of carbonyl (C=O) groups is 1. The number of carbonyl (C=O) groups excluding carboxylic acids is 1. The number of aryl methyl sites for hydroxylation is 2. The maximum Gasteiger partial charge on any atom is 0.252 e. The van der Waals surface area contributed by atoms with Gasteiger partial charge in [0.2, 0.25) is 0 Å². The number of aromatic nitrogens is 2. The first kappa shape index (κ1) is 22.4. The normalized spacial score (nSPS) is 20.2. The third kappa shape index (κ3) is 4.66. The number of amides is 1. The highest BCUT2D eigenvalue weighted by Gasteiger charge is 2.31. The molecule has 3 aromatic rings. The Morgan fingerprint density at radius 3 is 2.44 bits per heavy atom. The lowest BCUT2D eigenvalue weighted by atomic mass is 10.1. The zero-order valence-corrected chi connectivity index (χ0v) is 19.3. The Morgan fingerprint density at radius 1 is 1.06 bits per heavy atom. The Bertz CT molecular complexity index is 1090. The second-order valence-corrected chi connectivity index (χ2v) is 8.50. The Labute approximate surface area is 190 Å². The minimum atomic E-state index is -0.236. The van der Waals surface area contributed by atoms with Gasteiger partial charge in [0.15, 0.2) is 0 Å². The van der Waals surface area contributed by atoms with Crippen LogP contribution >= 0.6 is 0 Å². The van der Waals surface area contributed by atoms with Crippen LogP contribution in [0.3, 0.4) is 0 Å². The molecule has 1 saturated heterocycles. The molecule has 0 aliphatic carbocycles. The van der Waals surface area contributed by atoms with Gasteiger partial charge < -0.3 is 10.1 Å². The van der Waals surface area contributed by atoms with Crippen molar-refractivity contribution in [1.29, 1.82) is 0 Å². The molecule has 1 N–H and O–H groups in total. The Morgan fingerprint density at radius 2 is 1.75 bits per heavy atom. The van der Waals surface area contributed by atoms with Gasteiger partial charge in [0, 0.05) is 18.2 Å². The molecule has 3 atom stereocenters. The van der Waals surface area contributed by atoms with E-state index in [1.54, 1.807) is 0 Å². The van der Waals surface area contributed by atoms with E-state index in [1.165, 1.54) is 0 Å². The Balaban J connectivity index is 1.65. The number of hydrogen-bond donors (Lipinski definition) is 1. The van der Waals surface area contributed by atoms with E-state index in [1.807, 2.05) is 36.4 Å². The van der Waals surface area contributed by atoms with Gasteiger partial charge in [-0.05, 0) is 50.5 Å². The lowest BCUT2D eigenvalue weighted by Gasteiger charge is -2.42. The summed E-state index contributed by atoms with van der Waals surface area (Å²) in [6.45, 7) is 9.78. The van der Waals surface area contributed by atoms with E-state index < -0.39 is 0 Å². The van der Waals surface area contributed by atoms with Crippen LogP contribution in [0.25, 0.3) is 11.0 Å². The van der Waals surface area contributed by atoms with E-state index in [0.29, 0.717) is 12.2 Å². The van der Waals surface area contributed by atoms with Crippen molar-refractivity contribution < 1.29 is 9.53 Å². The minimum absolute atomic E-state index is 0.116. The quantitative estimate of drug-likeness (QED) is 0.629. The molecule has 168 valence electrons. The predicted molar refractivity (Wildman–Crippen MR) is 127 cm³/mol. The summed E-state index contributed by atoms with van der Waals surface area (Å²) < 4.78 is 5.82. The number of hydrogen-bond acceptors (Lipinski definition) is 5. The van der Waals surface area contributed by atoms with Crippen LogP contribution in [0.5, 0.6) is 0 Å². The summed E-state index contributed by atoms with van der Waals surface area (Å²) in [5, 5.41) is 3.27. The first-order valence-corrected chi connectivity index (χ1v) is 11.5. The number of morpholine rings is 1. The third-order valence-corrected chi connectivity index (χ3v) is 6.12. The van der Waals surface area contributed by atoms with Gasteiger partial charge in [-0.1, -0.05) is 44.2 Å². The molecule has 6 nitrogen and oxygen atoms in total. The van der Waals surface area contributed by atoms with Crippen LogP contribution in [0, 0.1) is 0 Å². The molecule has 1 amide bonds. The van der Waals surface area contributed by atoms with E-state index in [2.05, 4.69) is 50.0 Å². The average Bonchev–Trinajstić information content (AvgIpc) is 2.83. The molecule has 2 heterocycles. The summed E-state index contributed by atoms with van der Waals surface area (Å²) in [5.74, 6) is -0.119. The Kier molecular flexibility index (Phi) is 6.82. The average molecular weight is 433 g/mol. The van der Waals surface area contributed by atoms with Crippen LogP contribution in [0.2, 0.25) is 0 Å². The van der Waals surface area contributed by atoms with Crippen LogP contribution in [0.1, 0.15) is 61.2 Å². The molecule has 1 aliphatic heterocycles. The highest BCUT2D eigenvalue weighted by molar-refractivity contribution is 5.97. The van der Waals surface area contributed by atoms with Crippen molar-refractivity contribution in [2.45, 2.75) is 58.8 Å². The van der Waals surface area contributed by atoms with Crippen molar-refractivity contribution in [2.75, 3.05) is 13.2 Å². The second-order valence-electron chi connectivity index (χ2n) is 8.50. The lowest BCUT2D eigenvalue weighted by Crippen LogP contribution is -2.53. The standard InChI is InChI=1S/C26H32N4O2/c1-5-21-22(6-2)28-24-14-20(12-13-23(24)27-21)26(31)29-25(19-10-8-7-9-11-19)30-15-18(4)32-16-17(30)3/h7-14,17-18,25H,5-6,15-16H2,1-4H3,(H,29,31). The van der Waals surface area contributed by atoms with Crippen LogP contribution < -0.4 is 5.32 Å². The van der Waals surface area contributed by atoms with Crippen LogP contribution in [-0.2, 0) is 17.6 Å². The smallest absolute Gasteiger partial charge is 0.252 e. The molecule has 0 spiro atoms. The van der Waals surface area contributed by atoms with Gasteiger partial charge in [0.25, 0.3) is 5.91 Å². The number of benzene rings is 2. The molecule has 2 aromatic carbocycles. The number of nitrogens with one attached hydrogen (secondary N) is 1. The highest BCUT2D eigenvalue weighted by atomic mass is 16.5. The summed E-state index contributed by atoms with van der Waals surface area (Å²) in [4.78, 5) is 25.2. The molecule has 32 heavy (non-hydrogen) atoms. The van der Waals surface area contributed by atoms with Crippen LogP contribution in [-0.4, -0.2) is 46.1 Å². The van der Waals surface area contributed by atoms with Crippen molar-refractivity contribution in [1.82, 2.24) is 20.2 Å². The molecule has 1 fully saturated rings. The third-order valence-electron chi connectivity index (χ3n) is 6.12. The molecular weight excluding hydrogens is 400 g/mol. The number of nitrogens with zero attached hydrogens (tertiary/aromatic N) is 3. The molecule has 1 aliphatic rings. The van der Waals surface area contributed by atoms with E-state index >= 15 is 0 Å². The minimum Gasteiger partial charge on any atom is -0.376 e. The topological polar surface area (TPSA) is 67.4 Å². The first-order valence-electron chi connectivity index (χ1n) is 11.5. The fourth-order valence-electron chi connectivity index (χ4n) is 4.32. The van der Waals surface area contributed by atoms with Crippen LogP contribution in [0.15, 0.2) is 48.5 Å². The van der Waals surface area contributed by atoms with Crippen molar-refractivity contribution in [3.63, 3.8) is 0 Å². The maximum atomic E-state index is 13.4. The van der Waals surface area contributed by atoms with Crippen molar-refractivity contribution in [3.8, 4) is 0 Å². The largest absolute Gasteiger partial charge is 0.376 e. The molecule has 4 rings (SSSR count). The molecular formula is C26H32N4O2. The van der Waals surface area contributed by atoms with Gasteiger partial charge in [-0.3, -0.25) is 9.69 Å². The van der Waals surface area contributed by atoms with Crippen molar-refractivity contribution in [3.05, 3.63) is 71.0 Å². The summed E-state index contributed by atoms with van der Waals surface area (Å²) in [6, 6.07) is 15.9. The number of ether oxygens (including phenoxy) is 1. The SMILES string of the molecule is CCc1nc2ccc(C(=O)NC(c3ccccc3)N3CC(C)OCC3C)cc2nc1CC. The molecule has 1 aromatic heterocycles. The lowest BCUT2D eigenvalue weighted by molar-refractivity contribution is -0.0707. The zero-order chi connectivity index (χ0) is 22.7. The fraction of sp³-hybridized carbons (Fsp3) is 0.423. The molecule has 0 saturated carbocycles. The molecule has 0 bridgehead atoms. The van der Waals surface area contributed by atoms with Gasteiger partial charge in [0.05, 0.1) is 35.1 Å². The van der Waals surface area contributed by atoms with Crippen LogP contribution in [0.4, 0.5) is 0 Å². The fourth-order valence-corrected chi connectivity index (χ4v) is 4.32. The zero-order valence-electron chi connectivity index (χ0n) is 19.3.